The second kappa shape index (κ2) is 11.5. The van der Waals surface area contributed by atoms with Gasteiger partial charge in [0, 0.05) is 30.8 Å². The Kier molecular flexibility index (Phi) is 7.69. The van der Waals surface area contributed by atoms with E-state index in [0.29, 0.717) is 11.8 Å². The van der Waals surface area contributed by atoms with E-state index in [4.69, 9.17) is 4.98 Å². The van der Waals surface area contributed by atoms with Gasteiger partial charge in [-0.05, 0) is 65.6 Å². The van der Waals surface area contributed by atoms with Crippen molar-refractivity contribution in [1.29, 1.82) is 0 Å². The number of benzene rings is 2. The minimum atomic E-state index is -0.0195. The number of rotatable bonds is 6. The zero-order valence-electron chi connectivity index (χ0n) is 22.5. The Morgan fingerprint density at radius 1 is 0.974 bits per heavy atom. The van der Waals surface area contributed by atoms with Gasteiger partial charge in [0.15, 0.2) is 5.65 Å². The third kappa shape index (κ3) is 5.46. The van der Waals surface area contributed by atoms with Crippen LogP contribution in [0.15, 0.2) is 71.3 Å². The van der Waals surface area contributed by atoms with Crippen LogP contribution in [0.2, 0.25) is 0 Å². The van der Waals surface area contributed by atoms with Crippen LogP contribution in [0.5, 0.6) is 0 Å². The van der Waals surface area contributed by atoms with Gasteiger partial charge in [0.05, 0.1) is 22.3 Å². The van der Waals surface area contributed by atoms with E-state index in [-0.39, 0.29) is 12.0 Å². The first-order chi connectivity index (χ1) is 19.1. The van der Waals surface area contributed by atoms with Crippen LogP contribution < -0.4 is 5.32 Å². The number of aromatic nitrogens is 3. The van der Waals surface area contributed by atoms with Crippen molar-refractivity contribution in [2.24, 2.45) is 5.92 Å². The number of anilines is 1. The lowest BCUT2D eigenvalue weighted by atomic mass is 9.76. The van der Waals surface area contributed by atoms with Crippen LogP contribution in [0.3, 0.4) is 0 Å². The van der Waals surface area contributed by atoms with Crippen LogP contribution in [0.25, 0.3) is 16.9 Å². The molecule has 202 valence electrons. The highest BCUT2D eigenvalue weighted by atomic mass is 79.9. The van der Waals surface area contributed by atoms with E-state index in [1.54, 1.807) is 6.20 Å². The number of hydrogen-bond acceptors (Lipinski definition) is 4. The number of carbonyl (C=O) groups is 1. The first-order valence-electron chi connectivity index (χ1n) is 14.3. The molecular formula is C32H36BrN5O. The zero-order valence-corrected chi connectivity index (χ0v) is 24.1. The Balaban J connectivity index is 1.19. The molecule has 2 aromatic carbocycles. The number of amides is 1. The zero-order chi connectivity index (χ0) is 26.8. The highest BCUT2D eigenvalue weighted by Gasteiger charge is 2.35. The molecule has 1 atom stereocenters. The lowest BCUT2D eigenvalue weighted by Crippen LogP contribution is -2.45. The fourth-order valence-electron chi connectivity index (χ4n) is 6.43. The standard InChI is InChI=1S/C32H36BrN5O/c1-22-10-8-9-15-26(22)28-20-29(38-31(36-28)27(33)21-34-38)35-25-16-18-37(19-17-25)32(39)30(23-11-4-2-5-12-23)24-13-6-3-7-14-24/h2,4-5,8-12,15,20-21,24-25,30,35H,3,6-7,13-14,16-19H2,1H3. The predicted molar refractivity (Wildman–Crippen MR) is 160 cm³/mol. The summed E-state index contributed by atoms with van der Waals surface area (Å²) in [6.45, 7) is 3.66. The number of carbonyl (C=O) groups excluding carboxylic acids is 1. The molecule has 1 aliphatic carbocycles. The van der Waals surface area contributed by atoms with Crippen LogP contribution in [0, 0.1) is 12.8 Å². The van der Waals surface area contributed by atoms with Gasteiger partial charge >= 0.3 is 0 Å². The summed E-state index contributed by atoms with van der Waals surface area (Å²) in [5.74, 6) is 1.68. The molecule has 7 heteroatoms. The number of nitrogens with one attached hydrogen (secondary N) is 1. The molecule has 1 saturated carbocycles. The molecule has 2 aromatic heterocycles. The molecule has 0 bridgehead atoms. The van der Waals surface area contributed by atoms with Gasteiger partial charge in [-0.25, -0.2) is 4.98 Å². The second-order valence-electron chi connectivity index (χ2n) is 11.1. The van der Waals surface area contributed by atoms with Crippen LogP contribution in [-0.4, -0.2) is 44.5 Å². The van der Waals surface area contributed by atoms with Crippen LogP contribution >= 0.6 is 15.9 Å². The van der Waals surface area contributed by atoms with Gasteiger partial charge in [-0.3, -0.25) is 4.79 Å². The van der Waals surface area contributed by atoms with Crippen molar-refractivity contribution in [2.75, 3.05) is 18.4 Å². The van der Waals surface area contributed by atoms with E-state index in [9.17, 15) is 4.79 Å². The largest absolute Gasteiger partial charge is 0.367 e. The molecule has 1 amide bonds. The Bertz CT molecular complexity index is 1440. The average molecular weight is 587 g/mol. The molecule has 2 aliphatic rings. The first kappa shape index (κ1) is 26.1. The molecule has 1 unspecified atom stereocenters. The second-order valence-corrected chi connectivity index (χ2v) is 12.0. The van der Waals surface area contributed by atoms with E-state index in [1.165, 1.54) is 30.4 Å². The molecule has 1 N–H and O–H groups in total. The van der Waals surface area contributed by atoms with E-state index < -0.39 is 0 Å². The third-order valence-electron chi connectivity index (χ3n) is 8.55. The van der Waals surface area contributed by atoms with Crippen molar-refractivity contribution >= 4 is 33.3 Å². The summed E-state index contributed by atoms with van der Waals surface area (Å²) in [6, 6.07) is 21.2. The molecule has 1 saturated heterocycles. The van der Waals surface area contributed by atoms with Crippen molar-refractivity contribution < 1.29 is 4.79 Å². The maximum absolute atomic E-state index is 14.0. The highest BCUT2D eigenvalue weighted by molar-refractivity contribution is 9.10. The summed E-state index contributed by atoms with van der Waals surface area (Å²) in [5, 5.41) is 8.33. The number of fused-ring (bicyclic) bond motifs is 1. The summed E-state index contributed by atoms with van der Waals surface area (Å²) in [5.41, 5.74) is 5.21. The normalized spacial score (nSPS) is 17.8. The van der Waals surface area contributed by atoms with Gasteiger partial charge in [-0.15, -0.1) is 0 Å². The van der Waals surface area contributed by atoms with Crippen LogP contribution in [-0.2, 0) is 4.79 Å². The quantitative estimate of drug-likeness (QED) is 0.259. The highest BCUT2D eigenvalue weighted by Crippen LogP contribution is 2.38. The number of nitrogens with zero attached hydrogens (tertiary/aromatic N) is 4. The molecule has 0 radical (unpaired) electrons. The fourth-order valence-corrected chi connectivity index (χ4v) is 6.78. The number of hydrogen-bond donors (Lipinski definition) is 1. The van der Waals surface area contributed by atoms with Crippen molar-refractivity contribution in [3.8, 4) is 11.3 Å². The Labute approximate surface area is 239 Å². The van der Waals surface area contributed by atoms with E-state index in [0.717, 1.165) is 66.0 Å². The van der Waals surface area contributed by atoms with Gasteiger partial charge in [-0.2, -0.15) is 9.61 Å². The van der Waals surface area contributed by atoms with Crippen LogP contribution in [0.1, 0.15) is 62.0 Å². The monoisotopic (exact) mass is 585 g/mol. The number of piperidine rings is 1. The maximum Gasteiger partial charge on any atom is 0.230 e. The Hall–Kier alpha value is -3.19. The summed E-state index contributed by atoms with van der Waals surface area (Å²) in [4.78, 5) is 21.0. The summed E-state index contributed by atoms with van der Waals surface area (Å²) >= 11 is 3.62. The summed E-state index contributed by atoms with van der Waals surface area (Å²) < 4.78 is 2.74. The van der Waals surface area contributed by atoms with E-state index in [2.05, 4.69) is 92.8 Å². The molecule has 1 aliphatic heterocycles. The van der Waals surface area contributed by atoms with Crippen molar-refractivity contribution in [2.45, 2.75) is 63.8 Å². The van der Waals surface area contributed by atoms with Gasteiger partial charge in [0.25, 0.3) is 0 Å². The SMILES string of the molecule is Cc1ccccc1-c1cc(NC2CCN(C(=O)C(c3ccccc3)C3CCCCC3)CC2)n2ncc(Br)c2n1. The molecule has 2 fully saturated rings. The average Bonchev–Trinajstić information content (AvgIpc) is 3.35. The molecule has 6 rings (SSSR count). The van der Waals surface area contributed by atoms with Crippen molar-refractivity contribution in [3.05, 3.63) is 82.5 Å². The molecule has 4 aromatic rings. The van der Waals surface area contributed by atoms with E-state index in [1.807, 2.05) is 10.6 Å². The third-order valence-corrected chi connectivity index (χ3v) is 9.11. The Morgan fingerprint density at radius 3 is 2.44 bits per heavy atom. The molecular weight excluding hydrogens is 550 g/mol. The maximum atomic E-state index is 14.0. The minimum absolute atomic E-state index is 0.0195. The van der Waals surface area contributed by atoms with Gasteiger partial charge in [0.1, 0.15) is 5.82 Å². The lowest BCUT2D eigenvalue weighted by Gasteiger charge is -2.38. The molecule has 0 spiro atoms. The Morgan fingerprint density at radius 2 is 1.69 bits per heavy atom. The number of likely N-dealkylation sites (tertiary alicyclic amines) is 1. The summed E-state index contributed by atoms with van der Waals surface area (Å²) in [7, 11) is 0. The molecule has 3 heterocycles. The van der Waals surface area contributed by atoms with Crippen LogP contribution in [0.4, 0.5) is 5.82 Å². The number of halogens is 1. The van der Waals surface area contributed by atoms with Crippen molar-refractivity contribution in [1.82, 2.24) is 19.5 Å². The van der Waals surface area contributed by atoms with E-state index >= 15 is 0 Å². The van der Waals surface area contributed by atoms with Gasteiger partial charge in [-0.1, -0.05) is 73.9 Å². The topological polar surface area (TPSA) is 62.5 Å². The fraction of sp³-hybridized carbons (Fsp3) is 0.406. The molecule has 6 nitrogen and oxygen atoms in total. The predicted octanol–water partition coefficient (Wildman–Crippen LogP) is 7.23. The smallest absolute Gasteiger partial charge is 0.230 e. The number of aryl methyl sites for hydroxylation is 1. The first-order valence-corrected chi connectivity index (χ1v) is 15.1. The molecule has 39 heavy (non-hydrogen) atoms. The van der Waals surface area contributed by atoms with Gasteiger partial charge < -0.3 is 10.2 Å². The lowest BCUT2D eigenvalue weighted by molar-refractivity contribution is -0.135. The summed E-state index contributed by atoms with van der Waals surface area (Å²) in [6.07, 6.45) is 9.69. The minimum Gasteiger partial charge on any atom is -0.367 e. The van der Waals surface area contributed by atoms with Gasteiger partial charge in [0.2, 0.25) is 5.91 Å². The van der Waals surface area contributed by atoms with Crippen molar-refractivity contribution in [3.63, 3.8) is 0 Å².